The van der Waals surface area contributed by atoms with Gasteiger partial charge in [-0.25, -0.2) is 4.68 Å². The van der Waals surface area contributed by atoms with Crippen molar-refractivity contribution in [2.45, 2.75) is 19.4 Å². The lowest BCUT2D eigenvalue weighted by Crippen LogP contribution is -2.24. The summed E-state index contributed by atoms with van der Waals surface area (Å²) in [6.45, 7) is 2.42. The zero-order valence-electron chi connectivity index (χ0n) is 19.0. The van der Waals surface area contributed by atoms with E-state index in [1.54, 1.807) is 25.1 Å². The van der Waals surface area contributed by atoms with Gasteiger partial charge in [0.05, 0.1) is 32.9 Å². The highest BCUT2D eigenvalue weighted by molar-refractivity contribution is 5.98. The molecule has 0 saturated carbocycles. The first-order valence-corrected chi connectivity index (χ1v) is 10.7. The molecule has 0 atom stereocenters. The number of nitrogens with zero attached hydrogens (tertiary/aromatic N) is 2. The molecule has 0 unspecified atom stereocenters. The zero-order valence-corrected chi connectivity index (χ0v) is 19.0. The molecule has 1 amide bonds. The fraction of sp³-hybridized carbons (Fsp3) is 0.185. The Kier molecular flexibility index (Phi) is 6.74. The Labute approximate surface area is 193 Å². The number of hydrogen-bond donors (Lipinski definition) is 1. The van der Waals surface area contributed by atoms with Gasteiger partial charge in [0, 0.05) is 5.56 Å². The average Bonchev–Trinajstić information content (AvgIpc) is 3.19. The van der Waals surface area contributed by atoms with Crippen LogP contribution < -0.4 is 14.8 Å². The SMILES string of the molecule is COc1ccc(Cn2ncc(C)c2NC(=O)C(c2ccccc2)c2ccccc2)cc1OC. The van der Waals surface area contributed by atoms with Gasteiger partial charge in [-0.3, -0.25) is 4.79 Å². The van der Waals surface area contributed by atoms with Gasteiger partial charge in [0.2, 0.25) is 5.91 Å². The first kappa shape index (κ1) is 22.1. The average molecular weight is 442 g/mol. The van der Waals surface area contributed by atoms with Gasteiger partial charge in [0.25, 0.3) is 0 Å². The summed E-state index contributed by atoms with van der Waals surface area (Å²) in [6, 6.07) is 25.3. The fourth-order valence-corrected chi connectivity index (χ4v) is 3.89. The highest BCUT2D eigenvalue weighted by Crippen LogP contribution is 2.30. The maximum absolute atomic E-state index is 13.6. The highest BCUT2D eigenvalue weighted by atomic mass is 16.5. The van der Waals surface area contributed by atoms with Crippen LogP contribution in [0.4, 0.5) is 5.82 Å². The van der Waals surface area contributed by atoms with Crippen molar-refractivity contribution in [3.8, 4) is 11.5 Å². The number of aromatic nitrogens is 2. The number of ether oxygens (including phenoxy) is 2. The van der Waals surface area contributed by atoms with Crippen molar-refractivity contribution in [2.24, 2.45) is 0 Å². The summed E-state index contributed by atoms with van der Waals surface area (Å²) >= 11 is 0. The van der Waals surface area contributed by atoms with Crippen molar-refractivity contribution in [1.29, 1.82) is 0 Å². The molecule has 0 aliphatic rings. The molecular formula is C27H27N3O3. The minimum absolute atomic E-state index is 0.107. The summed E-state index contributed by atoms with van der Waals surface area (Å²) in [5.74, 6) is 1.45. The number of benzene rings is 3. The Balaban J connectivity index is 1.63. The lowest BCUT2D eigenvalue weighted by Gasteiger charge is -2.19. The molecule has 1 aromatic heterocycles. The Morgan fingerprint density at radius 1 is 0.909 bits per heavy atom. The van der Waals surface area contributed by atoms with E-state index in [0.29, 0.717) is 23.9 Å². The van der Waals surface area contributed by atoms with Crippen LogP contribution in [0.2, 0.25) is 0 Å². The van der Waals surface area contributed by atoms with E-state index in [1.807, 2.05) is 85.8 Å². The summed E-state index contributed by atoms with van der Waals surface area (Å²) < 4.78 is 12.5. The zero-order chi connectivity index (χ0) is 23.2. The number of rotatable bonds is 8. The van der Waals surface area contributed by atoms with Crippen LogP contribution in [0.5, 0.6) is 11.5 Å². The molecule has 6 heteroatoms. The van der Waals surface area contributed by atoms with E-state index in [-0.39, 0.29) is 5.91 Å². The number of aryl methyl sites for hydroxylation is 1. The normalized spacial score (nSPS) is 10.8. The van der Waals surface area contributed by atoms with Crippen LogP contribution in [0.1, 0.15) is 28.2 Å². The number of amides is 1. The van der Waals surface area contributed by atoms with E-state index in [1.165, 1.54) is 0 Å². The van der Waals surface area contributed by atoms with Gasteiger partial charge in [-0.15, -0.1) is 0 Å². The molecule has 0 radical (unpaired) electrons. The van der Waals surface area contributed by atoms with Crippen LogP contribution in [-0.4, -0.2) is 29.9 Å². The number of carbonyl (C=O) groups is 1. The fourth-order valence-electron chi connectivity index (χ4n) is 3.89. The monoisotopic (exact) mass is 441 g/mol. The Morgan fingerprint density at radius 2 is 1.52 bits per heavy atom. The van der Waals surface area contributed by atoms with Crippen molar-refractivity contribution in [1.82, 2.24) is 9.78 Å². The second-order valence-electron chi connectivity index (χ2n) is 7.77. The van der Waals surface area contributed by atoms with Gasteiger partial charge in [-0.2, -0.15) is 5.10 Å². The van der Waals surface area contributed by atoms with E-state index in [9.17, 15) is 4.79 Å². The molecule has 33 heavy (non-hydrogen) atoms. The second-order valence-corrected chi connectivity index (χ2v) is 7.77. The molecule has 0 spiro atoms. The predicted octanol–water partition coefficient (Wildman–Crippen LogP) is 5.03. The van der Waals surface area contributed by atoms with E-state index in [4.69, 9.17) is 9.47 Å². The Morgan fingerprint density at radius 3 is 2.09 bits per heavy atom. The topological polar surface area (TPSA) is 65.4 Å². The number of hydrogen-bond acceptors (Lipinski definition) is 4. The van der Waals surface area contributed by atoms with Crippen molar-refractivity contribution in [3.63, 3.8) is 0 Å². The van der Waals surface area contributed by atoms with Gasteiger partial charge < -0.3 is 14.8 Å². The van der Waals surface area contributed by atoms with Crippen molar-refractivity contribution >= 4 is 11.7 Å². The molecular weight excluding hydrogens is 414 g/mol. The molecule has 4 aromatic rings. The molecule has 1 heterocycles. The van der Waals surface area contributed by atoms with Gasteiger partial charge in [-0.1, -0.05) is 66.7 Å². The number of anilines is 1. The van der Waals surface area contributed by atoms with E-state index < -0.39 is 5.92 Å². The summed E-state index contributed by atoms with van der Waals surface area (Å²) in [5, 5.41) is 7.63. The molecule has 0 aliphatic carbocycles. The quantitative estimate of drug-likeness (QED) is 0.417. The first-order valence-electron chi connectivity index (χ1n) is 10.7. The van der Waals surface area contributed by atoms with Gasteiger partial charge >= 0.3 is 0 Å². The molecule has 6 nitrogen and oxygen atoms in total. The minimum atomic E-state index is -0.434. The van der Waals surface area contributed by atoms with Gasteiger partial charge in [0.1, 0.15) is 5.82 Å². The maximum Gasteiger partial charge on any atom is 0.237 e. The molecule has 0 fully saturated rings. The number of nitrogens with one attached hydrogen (secondary N) is 1. The Hall–Kier alpha value is -4.06. The van der Waals surface area contributed by atoms with Gasteiger partial charge in [0.15, 0.2) is 11.5 Å². The third-order valence-electron chi connectivity index (χ3n) is 5.57. The number of carbonyl (C=O) groups excluding carboxylic acids is 1. The van der Waals surface area contributed by atoms with E-state index in [2.05, 4.69) is 10.4 Å². The third-order valence-corrected chi connectivity index (χ3v) is 5.57. The molecule has 168 valence electrons. The highest BCUT2D eigenvalue weighted by Gasteiger charge is 2.24. The van der Waals surface area contributed by atoms with Crippen LogP contribution in [0, 0.1) is 6.92 Å². The largest absolute Gasteiger partial charge is 0.493 e. The summed E-state index contributed by atoms with van der Waals surface area (Å²) in [5.41, 5.74) is 3.74. The summed E-state index contributed by atoms with van der Waals surface area (Å²) in [7, 11) is 3.22. The van der Waals surface area contributed by atoms with Crippen molar-refractivity contribution in [3.05, 3.63) is 107 Å². The Bertz CT molecular complexity index is 1180. The second kappa shape index (κ2) is 10.0. The molecule has 0 saturated heterocycles. The lowest BCUT2D eigenvalue weighted by atomic mass is 9.90. The molecule has 0 bridgehead atoms. The third kappa shape index (κ3) is 4.90. The van der Waals surface area contributed by atoms with Crippen LogP contribution in [0.3, 0.4) is 0 Å². The van der Waals surface area contributed by atoms with Crippen LogP contribution in [0.25, 0.3) is 0 Å². The van der Waals surface area contributed by atoms with E-state index in [0.717, 1.165) is 22.3 Å². The summed E-state index contributed by atoms with van der Waals surface area (Å²) in [4.78, 5) is 13.6. The summed E-state index contributed by atoms with van der Waals surface area (Å²) in [6.07, 6.45) is 1.76. The first-order chi connectivity index (χ1) is 16.1. The standard InChI is InChI=1S/C27H27N3O3/c1-19-17-28-30(18-20-14-15-23(32-2)24(16-20)33-3)26(19)29-27(31)25(21-10-6-4-7-11-21)22-12-8-5-9-13-22/h4-17,25H,18H2,1-3H3,(H,29,31). The van der Waals surface area contributed by atoms with E-state index >= 15 is 0 Å². The maximum atomic E-state index is 13.6. The minimum Gasteiger partial charge on any atom is -0.493 e. The van der Waals surface area contributed by atoms with Crippen LogP contribution in [0.15, 0.2) is 85.1 Å². The van der Waals surface area contributed by atoms with Gasteiger partial charge in [-0.05, 0) is 35.7 Å². The lowest BCUT2D eigenvalue weighted by molar-refractivity contribution is -0.116. The molecule has 4 rings (SSSR count). The molecule has 0 aliphatic heterocycles. The predicted molar refractivity (Wildman–Crippen MR) is 129 cm³/mol. The molecule has 1 N–H and O–H groups in total. The van der Waals surface area contributed by atoms with Crippen molar-refractivity contribution < 1.29 is 14.3 Å². The van der Waals surface area contributed by atoms with Crippen molar-refractivity contribution in [2.75, 3.05) is 19.5 Å². The smallest absolute Gasteiger partial charge is 0.237 e. The molecule has 3 aromatic carbocycles. The van der Waals surface area contributed by atoms with Crippen LogP contribution >= 0.6 is 0 Å². The van der Waals surface area contributed by atoms with Crippen LogP contribution in [-0.2, 0) is 11.3 Å². The number of methoxy groups -OCH3 is 2.